The molecule has 0 spiro atoms. The van der Waals surface area contributed by atoms with E-state index in [0.29, 0.717) is 18.9 Å². The molecular weight excluding hydrogens is 372 g/mol. The number of H-pyrrole nitrogens is 1. The Labute approximate surface area is 169 Å². The van der Waals surface area contributed by atoms with Gasteiger partial charge >= 0.3 is 0 Å². The van der Waals surface area contributed by atoms with E-state index in [1.807, 2.05) is 18.2 Å². The van der Waals surface area contributed by atoms with E-state index in [-0.39, 0.29) is 17.6 Å². The quantitative estimate of drug-likeness (QED) is 0.328. The number of anilines is 1. The fraction of sp³-hybridized carbons (Fsp3) is 0.286. The zero-order valence-corrected chi connectivity index (χ0v) is 16.5. The number of aromatic amines is 1. The average Bonchev–Trinajstić information content (AvgIpc) is 3.18. The molecule has 2 amide bonds. The van der Waals surface area contributed by atoms with E-state index in [1.54, 1.807) is 6.20 Å². The minimum Gasteiger partial charge on any atom is -0.355 e. The topological polar surface area (TPSA) is 86.9 Å². The second kappa shape index (κ2) is 9.94. The van der Waals surface area contributed by atoms with Crippen molar-refractivity contribution in [2.75, 3.05) is 17.6 Å². The molecule has 0 atom stereocenters. The van der Waals surface area contributed by atoms with Crippen molar-refractivity contribution in [3.05, 3.63) is 48.7 Å². The number of hydrogen-bond acceptors (Lipinski definition) is 4. The van der Waals surface area contributed by atoms with Gasteiger partial charge in [-0.15, -0.1) is 0 Å². The zero-order chi connectivity index (χ0) is 19.8. The zero-order valence-electron chi connectivity index (χ0n) is 15.6. The predicted molar refractivity (Wildman–Crippen MR) is 115 cm³/mol. The third kappa shape index (κ3) is 5.60. The SMILES string of the molecule is O=C(CS)NCCCCCC(=O)Nc1ncc(-c2ccc3ccccc3c2)[nH]1. The second-order valence-corrected chi connectivity index (χ2v) is 6.89. The minimum absolute atomic E-state index is 0.0684. The van der Waals surface area contributed by atoms with Crippen LogP contribution in [0.1, 0.15) is 25.7 Å². The van der Waals surface area contributed by atoms with Crippen LogP contribution in [0.15, 0.2) is 48.7 Å². The second-order valence-electron chi connectivity index (χ2n) is 6.57. The summed E-state index contributed by atoms with van der Waals surface area (Å²) in [5.74, 6) is 0.515. The number of nitrogens with one attached hydrogen (secondary N) is 3. The predicted octanol–water partition coefficient (Wildman–Crippen LogP) is 3.77. The lowest BCUT2D eigenvalue weighted by Crippen LogP contribution is -2.25. The first-order valence-corrected chi connectivity index (χ1v) is 10.0. The Kier molecular flexibility index (Phi) is 7.08. The number of aromatic nitrogens is 2. The first-order chi connectivity index (χ1) is 13.7. The number of imidazole rings is 1. The number of amides is 2. The monoisotopic (exact) mass is 396 g/mol. The fourth-order valence-electron chi connectivity index (χ4n) is 2.95. The molecule has 0 fully saturated rings. The number of fused-ring (bicyclic) bond motifs is 1. The van der Waals surface area contributed by atoms with Crippen molar-refractivity contribution < 1.29 is 9.59 Å². The normalized spacial score (nSPS) is 10.8. The van der Waals surface area contributed by atoms with Crippen LogP contribution >= 0.6 is 12.6 Å². The van der Waals surface area contributed by atoms with Gasteiger partial charge in [0.15, 0.2) is 0 Å². The van der Waals surface area contributed by atoms with E-state index < -0.39 is 0 Å². The summed E-state index contributed by atoms with van der Waals surface area (Å²) in [5, 5.41) is 7.90. The molecule has 28 heavy (non-hydrogen) atoms. The highest BCUT2D eigenvalue weighted by Crippen LogP contribution is 2.23. The lowest BCUT2D eigenvalue weighted by molar-refractivity contribution is -0.118. The fourth-order valence-corrected chi connectivity index (χ4v) is 3.07. The largest absolute Gasteiger partial charge is 0.355 e. The van der Waals surface area contributed by atoms with Crippen molar-refractivity contribution >= 4 is 41.2 Å². The number of carbonyl (C=O) groups excluding carboxylic acids is 2. The van der Waals surface area contributed by atoms with Crippen molar-refractivity contribution in [3.63, 3.8) is 0 Å². The molecule has 1 aromatic heterocycles. The Bertz CT molecular complexity index is 954. The van der Waals surface area contributed by atoms with Gasteiger partial charge in [0.05, 0.1) is 17.6 Å². The molecule has 2 aromatic carbocycles. The maximum absolute atomic E-state index is 12.1. The highest BCUT2D eigenvalue weighted by atomic mass is 32.1. The van der Waals surface area contributed by atoms with Gasteiger partial charge in [0.1, 0.15) is 0 Å². The van der Waals surface area contributed by atoms with Crippen LogP contribution in [0.2, 0.25) is 0 Å². The molecule has 0 radical (unpaired) electrons. The molecule has 0 unspecified atom stereocenters. The number of hydrogen-bond donors (Lipinski definition) is 4. The third-order valence-electron chi connectivity index (χ3n) is 4.44. The van der Waals surface area contributed by atoms with Crippen molar-refractivity contribution in [2.24, 2.45) is 0 Å². The molecule has 0 aliphatic rings. The van der Waals surface area contributed by atoms with Crippen LogP contribution in [-0.4, -0.2) is 34.1 Å². The molecule has 3 aromatic rings. The molecular formula is C21H24N4O2S. The van der Waals surface area contributed by atoms with Crippen LogP contribution in [0, 0.1) is 0 Å². The van der Waals surface area contributed by atoms with Gasteiger partial charge in [0.2, 0.25) is 17.8 Å². The highest BCUT2D eigenvalue weighted by Gasteiger charge is 2.08. The summed E-state index contributed by atoms with van der Waals surface area (Å²) in [6, 6.07) is 14.4. The van der Waals surface area contributed by atoms with Gasteiger partial charge in [0.25, 0.3) is 0 Å². The van der Waals surface area contributed by atoms with Crippen LogP contribution < -0.4 is 10.6 Å². The number of nitrogens with zero attached hydrogens (tertiary/aromatic N) is 1. The van der Waals surface area contributed by atoms with Gasteiger partial charge in [-0.25, -0.2) is 4.98 Å². The average molecular weight is 397 g/mol. The smallest absolute Gasteiger partial charge is 0.229 e. The minimum atomic E-state index is -0.0706. The molecule has 146 valence electrons. The Morgan fingerprint density at radius 2 is 1.82 bits per heavy atom. The van der Waals surface area contributed by atoms with Crippen LogP contribution in [0.25, 0.3) is 22.0 Å². The van der Waals surface area contributed by atoms with E-state index in [2.05, 4.69) is 57.5 Å². The van der Waals surface area contributed by atoms with Gasteiger partial charge in [-0.05, 0) is 29.7 Å². The summed E-state index contributed by atoms with van der Waals surface area (Å²) in [7, 11) is 0. The molecule has 0 bridgehead atoms. The Balaban J connectivity index is 1.46. The van der Waals surface area contributed by atoms with Gasteiger partial charge in [-0.3, -0.25) is 14.9 Å². The van der Waals surface area contributed by atoms with E-state index in [1.165, 1.54) is 5.39 Å². The first kappa shape index (κ1) is 19.9. The Hall–Kier alpha value is -2.80. The maximum Gasteiger partial charge on any atom is 0.229 e. The molecule has 0 aliphatic carbocycles. The standard InChI is InChI=1S/C21H24N4O2S/c26-19(8-2-1-5-11-22-20(27)14-28)25-21-23-13-18(24-21)17-10-9-15-6-3-4-7-16(15)12-17/h3-4,6-7,9-10,12-13,28H,1-2,5,8,11,14H2,(H,22,27)(H2,23,24,25,26). The molecule has 3 rings (SSSR count). The number of thiol groups is 1. The van der Waals surface area contributed by atoms with Crippen molar-refractivity contribution in [1.82, 2.24) is 15.3 Å². The summed E-state index contributed by atoms with van der Waals surface area (Å²) in [5.41, 5.74) is 1.89. The molecule has 3 N–H and O–H groups in total. The van der Waals surface area contributed by atoms with E-state index in [4.69, 9.17) is 0 Å². The molecule has 0 saturated heterocycles. The van der Waals surface area contributed by atoms with Gasteiger partial charge in [0, 0.05) is 18.5 Å². The number of benzene rings is 2. The van der Waals surface area contributed by atoms with E-state index >= 15 is 0 Å². The Morgan fingerprint density at radius 3 is 2.64 bits per heavy atom. The van der Waals surface area contributed by atoms with Crippen LogP contribution in [0.3, 0.4) is 0 Å². The number of rotatable bonds is 9. The number of unbranched alkanes of at least 4 members (excludes halogenated alkanes) is 2. The lowest BCUT2D eigenvalue weighted by Gasteiger charge is -2.04. The summed E-state index contributed by atoms with van der Waals surface area (Å²) in [6.07, 6.45) is 4.64. The van der Waals surface area contributed by atoms with Crippen LogP contribution in [-0.2, 0) is 9.59 Å². The summed E-state index contributed by atoms with van der Waals surface area (Å²) < 4.78 is 0. The molecule has 1 heterocycles. The van der Waals surface area contributed by atoms with Gasteiger partial charge in [-0.1, -0.05) is 42.8 Å². The van der Waals surface area contributed by atoms with E-state index in [9.17, 15) is 9.59 Å². The van der Waals surface area contributed by atoms with Crippen molar-refractivity contribution in [3.8, 4) is 11.3 Å². The molecule has 7 heteroatoms. The van der Waals surface area contributed by atoms with E-state index in [0.717, 1.165) is 35.9 Å². The molecule has 0 aliphatic heterocycles. The van der Waals surface area contributed by atoms with Gasteiger partial charge in [-0.2, -0.15) is 12.6 Å². The third-order valence-corrected chi connectivity index (χ3v) is 4.73. The molecule has 6 nitrogen and oxygen atoms in total. The Morgan fingerprint density at radius 1 is 1.00 bits per heavy atom. The summed E-state index contributed by atoms with van der Waals surface area (Å²) >= 11 is 3.90. The molecule has 0 saturated carbocycles. The van der Waals surface area contributed by atoms with Crippen LogP contribution in [0.4, 0.5) is 5.95 Å². The summed E-state index contributed by atoms with van der Waals surface area (Å²) in [6.45, 7) is 0.619. The first-order valence-electron chi connectivity index (χ1n) is 9.37. The summed E-state index contributed by atoms with van der Waals surface area (Å²) in [4.78, 5) is 30.5. The van der Waals surface area contributed by atoms with Crippen molar-refractivity contribution in [2.45, 2.75) is 25.7 Å². The van der Waals surface area contributed by atoms with Gasteiger partial charge < -0.3 is 10.3 Å². The number of carbonyl (C=O) groups is 2. The maximum atomic E-state index is 12.1. The lowest BCUT2D eigenvalue weighted by atomic mass is 10.1. The van der Waals surface area contributed by atoms with Crippen molar-refractivity contribution in [1.29, 1.82) is 0 Å². The van der Waals surface area contributed by atoms with Crippen LogP contribution in [0.5, 0.6) is 0 Å². The highest BCUT2D eigenvalue weighted by molar-refractivity contribution is 7.81.